The van der Waals surface area contributed by atoms with Gasteiger partial charge in [0.2, 0.25) is 0 Å². The molecule has 2 amide bonds. The lowest BCUT2D eigenvalue weighted by atomic mass is 10.1. The van der Waals surface area contributed by atoms with Crippen LogP contribution in [0.2, 0.25) is 0 Å². The van der Waals surface area contributed by atoms with E-state index in [0.717, 1.165) is 16.3 Å². The first-order valence-electron chi connectivity index (χ1n) is 8.07. The van der Waals surface area contributed by atoms with Gasteiger partial charge in [0, 0.05) is 0 Å². The average Bonchev–Trinajstić information content (AvgIpc) is 2.92. The maximum atomic E-state index is 12.3. The number of ether oxygens (including phenoxy) is 1. The minimum Gasteiger partial charge on any atom is -0.457 e. The Balaban J connectivity index is 1.54. The number of benzene rings is 3. The molecular formula is C21H14N2O3. The fourth-order valence-corrected chi connectivity index (χ4v) is 2.69. The van der Waals surface area contributed by atoms with Gasteiger partial charge in [0.15, 0.2) is 0 Å². The summed E-state index contributed by atoms with van der Waals surface area (Å²) in [6.07, 6.45) is 1.47. The summed E-state index contributed by atoms with van der Waals surface area (Å²) in [6, 6.07) is 23.4. The molecule has 0 atom stereocenters. The average molecular weight is 342 g/mol. The highest BCUT2D eigenvalue weighted by atomic mass is 16.5. The smallest absolute Gasteiger partial charge is 0.282 e. The van der Waals surface area contributed by atoms with Crippen molar-refractivity contribution in [3.05, 3.63) is 95.6 Å². The topological polar surface area (TPSA) is 59.0 Å². The van der Waals surface area contributed by atoms with Crippen molar-refractivity contribution in [3.63, 3.8) is 0 Å². The highest BCUT2D eigenvalue weighted by Crippen LogP contribution is 2.23. The van der Waals surface area contributed by atoms with Gasteiger partial charge in [-0.15, -0.1) is 0 Å². The molecule has 126 valence electrons. The number of rotatable bonds is 4. The number of carbonyl (C=O) groups is 2. The molecule has 3 aromatic carbocycles. The second-order valence-corrected chi connectivity index (χ2v) is 5.70. The highest BCUT2D eigenvalue weighted by Gasteiger charge is 2.35. The first-order valence-corrected chi connectivity index (χ1v) is 8.07. The highest BCUT2D eigenvalue weighted by molar-refractivity contribution is 6.21. The fourth-order valence-electron chi connectivity index (χ4n) is 2.69. The Morgan fingerprint density at radius 1 is 0.731 bits per heavy atom. The van der Waals surface area contributed by atoms with E-state index in [4.69, 9.17) is 4.74 Å². The maximum absolute atomic E-state index is 12.3. The van der Waals surface area contributed by atoms with Crippen molar-refractivity contribution in [3.8, 4) is 11.5 Å². The second-order valence-electron chi connectivity index (χ2n) is 5.70. The zero-order valence-electron chi connectivity index (χ0n) is 13.7. The minimum absolute atomic E-state index is 0.371. The predicted molar refractivity (Wildman–Crippen MR) is 97.5 cm³/mol. The van der Waals surface area contributed by atoms with Crippen LogP contribution in [0.1, 0.15) is 26.3 Å². The van der Waals surface area contributed by atoms with Crippen LogP contribution >= 0.6 is 0 Å². The van der Waals surface area contributed by atoms with Crippen molar-refractivity contribution in [1.82, 2.24) is 5.01 Å². The molecule has 0 radical (unpaired) electrons. The number of hydrazone groups is 1. The molecule has 0 fully saturated rings. The molecule has 1 heterocycles. The van der Waals surface area contributed by atoms with Gasteiger partial charge >= 0.3 is 0 Å². The molecule has 0 saturated heterocycles. The van der Waals surface area contributed by atoms with Gasteiger partial charge in [-0.05, 0) is 42.0 Å². The zero-order chi connectivity index (χ0) is 17.9. The first-order chi connectivity index (χ1) is 12.7. The lowest BCUT2D eigenvalue weighted by molar-refractivity contribution is 0.0660. The molecule has 4 rings (SSSR count). The van der Waals surface area contributed by atoms with Crippen LogP contribution in [-0.2, 0) is 0 Å². The number of carbonyl (C=O) groups excluding carboxylic acids is 2. The number of fused-ring (bicyclic) bond motifs is 1. The predicted octanol–water partition coefficient (Wildman–Crippen LogP) is 4.11. The van der Waals surface area contributed by atoms with Gasteiger partial charge in [-0.25, -0.2) is 0 Å². The van der Waals surface area contributed by atoms with Gasteiger partial charge in [0.05, 0.1) is 17.3 Å². The number of para-hydroxylation sites is 1. The molecule has 0 N–H and O–H groups in total. The number of amides is 2. The summed E-state index contributed by atoms with van der Waals surface area (Å²) in [5.74, 6) is 0.529. The van der Waals surface area contributed by atoms with Crippen LogP contribution in [0, 0.1) is 0 Å². The van der Waals surface area contributed by atoms with Gasteiger partial charge in [0.1, 0.15) is 11.5 Å². The molecule has 0 aromatic heterocycles. The first kappa shape index (κ1) is 15.8. The maximum Gasteiger partial charge on any atom is 0.282 e. The molecule has 0 spiro atoms. The third kappa shape index (κ3) is 2.98. The number of hydrogen-bond donors (Lipinski definition) is 0. The largest absolute Gasteiger partial charge is 0.457 e. The summed E-state index contributed by atoms with van der Waals surface area (Å²) in [5.41, 5.74) is 1.46. The summed E-state index contributed by atoms with van der Waals surface area (Å²) in [4.78, 5) is 24.6. The van der Waals surface area contributed by atoms with Crippen molar-refractivity contribution in [2.24, 2.45) is 5.10 Å². The summed E-state index contributed by atoms with van der Waals surface area (Å²) < 4.78 is 5.77. The standard InChI is InChI=1S/C21H14N2O3/c24-20-18-11-4-5-12-19(18)21(25)23(20)22-14-15-7-6-10-17(13-15)26-16-8-2-1-3-9-16/h1-14H/b22-14-. The van der Waals surface area contributed by atoms with E-state index in [1.807, 2.05) is 48.5 Å². The van der Waals surface area contributed by atoms with E-state index >= 15 is 0 Å². The van der Waals surface area contributed by atoms with Crippen molar-refractivity contribution >= 4 is 18.0 Å². The second kappa shape index (κ2) is 6.64. The van der Waals surface area contributed by atoms with Crippen molar-refractivity contribution in [2.45, 2.75) is 0 Å². The van der Waals surface area contributed by atoms with E-state index < -0.39 is 11.8 Å². The van der Waals surface area contributed by atoms with Crippen molar-refractivity contribution in [1.29, 1.82) is 0 Å². The molecule has 5 heteroatoms. The molecular weight excluding hydrogens is 328 g/mol. The fraction of sp³-hybridized carbons (Fsp3) is 0. The van der Waals surface area contributed by atoms with Crippen molar-refractivity contribution < 1.29 is 14.3 Å². The SMILES string of the molecule is O=C1c2ccccc2C(=O)N1/N=C\c1cccc(Oc2ccccc2)c1. The molecule has 0 bridgehead atoms. The Hall–Kier alpha value is -3.73. The van der Waals surface area contributed by atoms with E-state index in [2.05, 4.69) is 5.10 Å². The van der Waals surface area contributed by atoms with Crippen LogP contribution < -0.4 is 4.74 Å². The Kier molecular flexibility index (Phi) is 4.03. The van der Waals surface area contributed by atoms with E-state index in [1.165, 1.54) is 6.21 Å². The van der Waals surface area contributed by atoms with Gasteiger partial charge in [-0.1, -0.05) is 42.5 Å². The Morgan fingerprint density at radius 2 is 1.35 bits per heavy atom. The molecule has 1 aliphatic heterocycles. The van der Waals surface area contributed by atoms with Crippen LogP contribution in [0.15, 0.2) is 84.0 Å². The number of hydrogen-bond acceptors (Lipinski definition) is 4. The molecule has 0 saturated carbocycles. The third-order valence-electron chi connectivity index (χ3n) is 3.93. The van der Waals surface area contributed by atoms with E-state index in [1.54, 1.807) is 30.3 Å². The molecule has 0 unspecified atom stereocenters. The minimum atomic E-state index is -0.418. The van der Waals surface area contributed by atoms with Crippen LogP contribution in [0.4, 0.5) is 0 Å². The van der Waals surface area contributed by atoms with E-state index in [-0.39, 0.29) is 0 Å². The Labute approximate surface area is 150 Å². The lowest BCUT2D eigenvalue weighted by Gasteiger charge is -2.07. The van der Waals surface area contributed by atoms with Gasteiger partial charge in [-0.3, -0.25) is 9.59 Å². The normalized spacial score (nSPS) is 13.3. The molecule has 26 heavy (non-hydrogen) atoms. The third-order valence-corrected chi connectivity index (χ3v) is 3.93. The molecule has 3 aromatic rings. The summed E-state index contributed by atoms with van der Waals surface area (Å²) in [5, 5.41) is 4.96. The number of nitrogens with zero attached hydrogens (tertiary/aromatic N) is 2. The van der Waals surface area contributed by atoms with E-state index in [0.29, 0.717) is 16.9 Å². The van der Waals surface area contributed by atoms with Gasteiger partial charge < -0.3 is 4.74 Å². The van der Waals surface area contributed by atoms with Crippen LogP contribution in [0.25, 0.3) is 0 Å². The molecule has 5 nitrogen and oxygen atoms in total. The van der Waals surface area contributed by atoms with Crippen molar-refractivity contribution in [2.75, 3.05) is 0 Å². The van der Waals surface area contributed by atoms with E-state index in [9.17, 15) is 9.59 Å². The van der Waals surface area contributed by atoms with Crippen LogP contribution in [0.5, 0.6) is 11.5 Å². The summed E-state index contributed by atoms with van der Waals surface area (Å²) in [6.45, 7) is 0. The summed E-state index contributed by atoms with van der Waals surface area (Å²) >= 11 is 0. The Bertz CT molecular complexity index is 978. The quantitative estimate of drug-likeness (QED) is 0.529. The van der Waals surface area contributed by atoms with Gasteiger partial charge in [0.25, 0.3) is 11.8 Å². The number of imide groups is 1. The summed E-state index contributed by atoms with van der Waals surface area (Å²) in [7, 11) is 0. The Morgan fingerprint density at radius 3 is 2.04 bits per heavy atom. The van der Waals surface area contributed by atoms with Crippen LogP contribution in [0.3, 0.4) is 0 Å². The monoisotopic (exact) mass is 342 g/mol. The van der Waals surface area contributed by atoms with Gasteiger partial charge in [-0.2, -0.15) is 10.1 Å². The lowest BCUT2D eigenvalue weighted by Crippen LogP contribution is -2.23. The molecule has 1 aliphatic rings. The molecule has 0 aliphatic carbocycles. The van der Waals surface area contributed by atoms with Crippen LogP contribution in [-0.4, -0.2) is 23.0 Å². The zero-order valence-corrected chi connectivity index (χ0v) is 13.7.